The number of nitrogens with one attached hydrogen (secondary N) is 1. The van der Waals surface area contributed by atoms with Crippen LogP contribution in [0.2, 0.25) is 0 Å². The van der Waals surface area contributed by atoms with Gasteiger partial charge in [-0.05, 0) is 54.4 Å². The van der Waals surface area contributed by atoms with E-state index < -0.39 is 41.3 Å². The highest BCUT2D eigenvalue weighted by atomic mass is 16.6. The summed E-state index contributed by atoms with van der Waals surface area (Å²) >= 11 is 0. The smallest absolute Gasteiger partial charge is 0.420 e. The normalized spacial score (nSPS) is 18.3. The minimum atomic E-state index is -1.34. The molecule has 1 aliphatic rings. The van der Waals surface area contributed by atoms with Crippen molar-refractivity contribution in [2.75, 3.05) is 13.7 Å². The zero-order valence-corrected chi connectivity index (χ0v) is 17.1. The van der Waals surface area contributed by atoms with Crippen LogP contribution in [0.25, 0.3) is 0 Å². The average Bonchev–Trinajstić information content (AvgIpc) is 2.87. The Morgan fingerprint density at radius 1 is 1.07 bits per heavy atom. The van der Waals surface area contributed by atoms with Gasteiger partial charge in [-0.25, -0.2) is 14.4 Å². The number of amides is 3. The molecule has 3 amide bonds. The summed E-state index contributed by atoms with van der Waals surface area (Å²) in [5.74, 6) is -1.59. The fraction of sp³-hybridized carbons (Fsp3) is 0.778. The number of nitrogens with zero attached hydrogens (tertiary/aromatic N) is 1. The van der Waals surface area contributed by atoms with Gasteiger partial charge in [-0.1, -0.05) is 0 Å². The zero-order chi connectivity index (χ0) is 21.0. The Hall–Kier alpha value is -2.32. The minimum Gasteiger partial charge on any atom is -0.467 e. The van der Waals surface area contributed by atoms with Crippen molar-refractivity contribution in [3.8, 4) is 0 Å². The van der Waals surface area contributed by atoms with Crippen LogP contribution >= 0.6 is 0 Å². The molecule has 1 rings (SSSR count). The number of hydrogen-bond acceptors (Lipinski definition) is 7. The van der Waals surface area contributed by atoms with Gasteiger partial charge in [-0.15, -0.1) is 0 Å². The largest absolute Gasteiger partial charge is 0.467 e. The SMILES string of the molecule is COC(=O)[C@H](C[C@@H]1CCNC1=O)N(C(=O)OC(C)(C)C)C(=O)OC(C)(C)C. The van der Waals surface area contributed by atoms with Crippen molar-refractivity contribution in [2.24, 2.45) is 5.92 Å². The fourth-order valence-electron chi connectivity index (χ4n) is 2.53. The van der Waals surface area contributed by atoms with Gasteiger partial charge >= 0.3 is 18.2 Å². The molecule has 0 spiro atoms. The van der Waals surface area contributed by atoms with E-state index >= 15 is 0 Å². The Balaban J connectivity index is 3.22. The van der Waals surface area contributed by atoms with E-state index in [1.54, 1.807) is 41.5 Å². The lowest BCUT2D eigenvalue weighted by Gasteiger charge is -2.32. The third kappa shape index (κ3) is 7.07. The van der Waals surface area contributed by atoms with Crippen LogP contribution in [0.5, 0.6) is 0 Å². The van der Waals surface area contributed by atoms with Crippen LogP contribution in [0, 0.1) is 5.92 Å². The molecule has 0 aromatic heterocycles. The maximum Gasteiger partial charge on any atom is 0.420 e. The van der Waals surface area contributed by atoms with Crippen LogP contribution in [0.4, 0.5) is 9.59 Å². The number of rotatable bonds is 4. The molecule has 0 aliphatic carbocycles. The van der Waals surface area contributed by atoms with Crippen LogP contribution in [0.1, 0.15) is 54.4 Å². The predicted molar refractivity (Wildman–Crippen MR) is 95.8 cm³/mol. The molecule has 0 aromatic carbocycles. The first-order valence-corrected chi connectivity index (χ1v) is 8.86. The minimum absolute atomic E-state index is 0.0724. The van der Waals surface area contributed by atoms with Crippen molar-refractivity contribution in [1.82, 2.24) is 10.2 Å². The Labute approximate surface area is 159 Å². The molecule has 1 heterocycles. The van der Waals surface area contributed by atoms with Crippen molar-refractivity contribution in [3.05, 3.63) is 0 Å². The second-order valence-corrected chi connectivity index (χ2v) is 8.38. The molecule has 1 N–H and O–H groups in total. The second-order valence-electron chi connectivity index (χ2n) is 8.38. The summed E-state index contributed by atoms with van der Waals surface area (Å²) in [6, 6.07) is -1.34. The molecule has 2 atom stereocenters. The molecular weight excluding hydrogens is 356 g/mol. The van der Waals surface area contributed by atoms with Gasteiger partial charge in [-0.2, -0.15) is 4.90 Å². The van der Waals surface area contributed by atoms with Gasteiger partial charge in [0.25, 0.3) is 0 Å². The number of methoxy groups -OCH3 is 1. The number of esters is 1. The standard InChI is InChI=1S/C18H30N2O7/c1-17(2,3)26-15(23)20(16(24)27-18(4,5)6)12(14(22)25-7)10-11-8-9-19-13(11)21/h11-12H,8-10H2,1-7H3,(H,19,21)/t11-,12-/m0/s1. The molecular formula is C18H30N2O7. The maximum absolute atomic E-state index is 12.7. The third-order valence-electron chi connectivity index (χ3n) is 3.64. The number of hydrogen-bond donors (Lipinski definition) is 1. The van der Waals surface area contributed by atoms with E-state index in [-0.39, 0.29) is 12.3 Å². The van der Waals surface area contributed by atoms with Crippen molar-refractivity contribution in [3.63, 3.8) is 0 Å². The van der Waals surface area contributed by atoms with Gasteiger partial charge in [0.1, 0.15) is 17.2 Å². The van der Waals surface area contributed by atoms with E-state index in [0.29, 0.717) is 17.9 Å². The average molecular weight is 386 g/mol. The molecule has 0 unspecified atom stereocenters. The molecule has 0 radical (unpaired) electrons. The van der Waals surface area contributed by atoms with Crippen molar-refractivity contribution >= 4 is 24.1 Å². The van der Waals surface area contributed by atoms with E-state index in [0.717, 1.165) is 7.11 Å². The quantitative estimate of drug-likeness (QED) is 0.582. The molecule has 1 fully saturated rings. The zero-order valence-electron chi connectivity index (χ0n) is 17.1. The number of carbonyl (C=O) groups excluding carboxylic acids is 4. The topological polar surface area (TPSA) is 111 Å². The van der Waals surface area contributed by atoms with Crippen LogP contribution in [-0.2, 0) is 23.8 Å². The Bertz CT molecular complexity index is 561. The molecule has 154 valence electrons. The third-order valence-corrected chi connectivity index (χ3v) is 3.64. The van der Waals surface area contributed by atoms with Gasteiger partial charge in [0, 0.05) is 12.5 Å². The Morgan fingerprint density at radius 2 is 1.56 bits per heavy atom. The Morgan fingerprint density at radius 3 is 1.89 bits per heavy atom. The maximum atomic E-state index is 12.7. The highest BCUT2D eigenvalue weighted by Crippen LogP contribution is 2.24. The first-order chi connectivity index (χ1) is 12.2. The van der Waals surface area contributed by atoms with E-state index in [4.69, 9.17) is 14.2 Å². The van der Waals surface area contributed by atoms with E-state index in [1.807, 2.05) is 0 Å². The molecule has 0 saturated carbocycles. The lowest BCUT2D eigenvalue weighted by molar-refractivity contribution is -0.147. The van der Waals surface area contributed by atoms with Gasteiger partial charge in [-0.3, -0.25) is 4.79 Å². The molecule has 9 heteroatoms. The summed E-state index contributed by atoms with van der Waals surface area (Å²) in [7, 11) is 1.15. The number of imide groups is 1. The highest BCUT2D eigenvalue weighted by molar-refractivity contribution is 5.94. The second kappa shape index (κ2) is 8.58. The summed E-state index contributed by atoms with van der Waals surface area (Å²) < 4.78 is 15.3. The summed E-state index contributed by atoms with van der Waals surface area (Å²) in [4.78, 5) is 50.3. The molecule has 9 nitrogen and oxygen atoms in total. The van der Waals surface area contributed by atoms with Crippen molar-refractivity contribution < 1.29 is 33.4 Å². The summed E-state index contributed by atoms with van der Waals surface area (Å²) in [5, 5.41) is 2.66. The van der Waals surface area contributed by atoms with Crippen LogP contribution in [0.3, 0.4) is 0 Å². The van der Waals surface area contributed by atoms with E-state index in [9.17, 15) is 19.2 Å². The molecule has 0 bridgehead atoms. The molecule has 1 saturated heterocycles. The summed E-state index contributed by atoms with van der Waals surface area (Å²) in [6.07, 6.45) is -1.66. The molecule has 27 heavy (non-hydrogen) atoms. The van der Waals surface area contributed by atoms with Gasteiger partial charge in [0.2, 0.25) is 5.91 Å². The van der Waals surface area contributed by atoms with Crippen LogP contribution < -0.4 is 5.32 Å². The first-order valence-electron chi connectivity index (χ1n) is 8.86. The fourth-order valence-corrected chi connectivity index (χ4v) is 2.53. The predicted octanol–water partition coefficient (Wildman–Crippen LogP) is 2.23. The summed E-state index contributed by atoms with van der Waals surface area (Å²) in [5.41, 5.74) is -1.80. The first kappa shape index (κ1) is 22.7. The molecule has 0 aromatic rings. The van der Waals surface area contributed by atoms with E-state index in [2.05, 4.69) is 5.32 Å². The van der Waals surface area contributed by atoms with Crippen molar-refractivity contribution in [2.45, 2.75) is 71.6 Å². The van der Waals surface area contributed by atoms with Gasteiger partial charge < -0.3 is 19.5 Å². The number of carbonyl (C=O) groups is 4. The molecule has 1 aliphatic heterocycles. The van der Waals surface area contributed by atoms with Gasteiger partial charge in [0.05, 0.1) is 7.11 Å². The highest BCUT2D eigenvalue weighted by Gasteiger charge is 2.43. The van der Waals surface area contributed by atoms with Crippen molar-refractivity contribution in [1.29, 1.82) is 0 Å². The summed E-state index contributed by atoms with van der Waals surface area (Å²) in [6.45, 7) is 10.3. The van der Waals surface area contributed by atoms with Crippen LogP contribution in [-0.4, -0.2) is 59.9 Å². The Kier molecular flexibility index (Phi) is 7.22. The number of ether oxygens (including phenoxy) is 3. The lowest BCUT2D eigenvalue weighted by Crippen LogP contribution is -2.53. The monoisotopic (exact) mass is 386 g/mol. The lowest BCUT2D eigenvalue weighted by atomic mass is 9.97. The van der Waals surface area contributed by atoms with Crippen LogP contribution in [0.15, 0.2) is 0 Å². The van der Waals surface area contributed by atoms with Gasteiger partial charge in [0.15, 0.2) is 0 Å². The van der Waals surface area contributed by atoms with E-state index in [1.165, 1.54) is 0 Å².